The summed E-state index contributed by atoms with van der Waals surface area (Å²) in [5, 5.41) is 0. The lowest BCUT2D eigenvalue weighted by molar-refractivity contribution is 0.925. The van der Waals surface area contributed by atoms with E-state index in [1.165, 1.54) is 0 Å². The molecule has 0 fully saturated rings. The number of halogens is 2. The van der Waals surface area contributed by atoms with Crippen LogP contribution in [0.1, 0.15) is 11.5 Å². The monoisotopic (exact) mass is 310 g/mol. The molecule has 0 aliphatic heterocycles. The van der Waals surface area contributed by atoms with Crippen LogP contribution in [0.15, 0.2) is 34.8 Å². The van der Waals surface area contributed by atoms with Gasteiger partial charge in [-0.25, -0.2) is 9.97 Å². The van der Waals surface area contributed by atoms with Crippen LogP contribution in [0, 0.1) is 6.92 Å². The summed E-state index contributed by atoms with van der Waals surface area (Å²) in [4.78, 5) is 8.90. The standard InChI is InChI=1S/C13H12BrClN2/c1-9-8-12(17-13(16-9)6-7-15)10-4-2-3-5-11(10)14/h2-5,8H,6-7H2,1H3. The highest BCUT2D eigenvalue weighted by molar-refractivity contribution is 9.10. The summed E-state index contributed by atoms with van der Waals surface area (Å²) < 4.78 is 1.04. The molecule has 1 aromatic carbocycles. The molecule has 0 radical (unpaired) electrons. The Kier molecular flexibility index (Phi) is 4.13. The topological polar surface area (TPSA) is 25.8 Å². The van der Waals surface area contributed by atoms with E-state index in [-0.39, 0.29) is 0 Å². The molecule has 0 spiro atoms. The molecule has 2 nitrogen and oxygen atoms in total. The molecule has 0 amide bonds. The molecule has 0 saturated carbocycles. The number of nitrogens with zero attached hydrogens (tertiary/aromatic N) is 2. The molecular formula is C13H12BrClN2. The Morgan fingerprint density at radius 2 is 2.00 bits per heavy atom. The molecule has 0 aliphatic rings. The Hall–Kier alpha value is -0.930. The van der Waals surface area contributed by atoms with Crippen molar-refractivity contribution < 1.29 is 0 Å². The van der Waals surface area contributed by atoms with Gasteiger partial charge in [0.1, 0.15) is 5.82 Å². The largest absolute Gasteiger partial charge is 0.238 e. The summed E-state index contributed by atoms with van der Waals surface area (Å²) in [6.07, 6.45) is 0.695. The molecule has 0 unspecified atom stereocenters. The Labute approximate surface area is 114 Å². The third kappa shape index (κ3) is 3.05. The number of aromatic nitrogens is 2. The second kappa shape index (κ2) is 5.61. The fourth-order valence-corrected chi connectivity index (χ4v) is 2.29. The van der Waals surface area contributed by atoms with Crippen molar-refractivity contribution in [1.82, 2.24) is 9.97 Å². The van der Waals surface area contributed by atoms with E-state index >= 15 is 0 Å². The number of hydrogen-bond donors (Lipinski definition) is 0. The highest BCUT2D eigenvalue weighted by Crippen LogP contribution is 2.26. The zero-order valence-corrected chi connectivity index (χ0v) is 11.8. The highest BCUT2D eigenvalue weighted by atomic mass is 79.9. The lowest BCUT2D eigenvalue weighted by atomic mass is 10.1. The van der Waals surface area contributed by atoms with Gasteiger partial charge in [-0.2, -0.15) is 0 Å². The zero-order chi connectivity index (χ0) is 12.3. The Morgan fingerprint density at radius 3 is 2.71 bits per heavy atom. The average molecular weight is 312 g/mol. The molecule has 1 heterocycles. The first kappa shape index (κ1) is 12.5. The van der Waals surface area contributed by atoms with E-state index < -0.39 is 0 Å². The van der Waals surface area contributed by atoms with Gasteiger partial charge in [0, 0.05) is 28.0 Å². The van der Waals surface area contributed by atoms with E-state index in [0.29, 0.717) is 12.3 Å². The quantitative estimate of drug-likeness (QED) is 0.801. The first-order valence-corrected chi connectivity index (χ1v) is 6.69. The molecule has 2 rings (SSSR count). The third-order valence-corrected chi connectivity index (χ3v) is 3.25. The van der Waals surface area contributed by atoms with Crippen molar-refractivity contribution in [3.05, 3.63) is 46.3 Å². The molecular weight excluding hydrogens is 300 g/mol. The van der Waals surface area contributed by atoms with E-state index in [0.717, 1.165) is 27.2 Å². The maximum atomic E-state index is 5.73. The van der Waals surface area contributed by atoms with Crippen LogP contribution in [-0.4, -0.2) is 15.8 Å². The number of aryl methyl sites for hydroxylation is 2. The summed E-state index contributed by atoms with van der Waals surface area (Å²) in [7, 11) is 0. The summed E-state index contributed by atoms with van der Waals surface area (Å²) in [6.45, 7) is 1.97. The number of benzene rings is 1. The van der Waals surface area contributed by atoms with Crippen molar-refractivity contribution in [2.24, 2.45) is 0 Å². The van der Waals surface area contributed by atoms with Crippen molar-refractivity contribution in [3.8, 4) is 11.3 Å². The summed E-state index contributed by atoms with van der Waals surface area (Å²) in [6, 6.07) is 10.0. The smallest absolute Gasteiger partial charge is 0.130 e. The van der Waals surface area contributed by atoms with Gasteiger partial charge in [-0.05, 0) is 19.1 Å². The number of rotatable bonds is 3. The van der Waals surface area contributed by atoms with Gasteiger partial charge in [-0.15, -0.1) is 11.6 Å². The maximum Gasteiger partial charge on any atom is 0.130 e. The first-order chi connectivity index (χ1) is 8.20. The second-order valence-electron chi connectivity index (χ2n) is 3.73. The predicted molar refractivity (Wildman–Crippen MR) is 74.3 cm³/mol. The van der Waals surface area contributed by atoms with Crippen LogP contribution in [0.3, 0.4) is 0 Å². The predicted octanol–water partition coefficient (Wildman–Crippen LogP) is 4.00. The Bertz CT molecular complexity index is 529. The summed E-state index contributed by atoms with van der Waals surface area (Å²) >= 11 is 9.26. The molecule has 0 N–H and O–H groups in total. The van der Waals surface area contributed by atoms with Crippen molar-refractivity contribution in [1.29, 1.82) is 0 Å². The number of hydrogen-bond acceptors (Lipinski definition) is 2. The van der Waals surface area contributed by atoms with E-state index in [1.807, 2.05) is 37.3 Å². The van der Waals surface area contributed by atoms with Crippen LogP contribution in [0.2, 0.25) is 0 Å². The maximum absolute atomic E-state index is 5.73. The fraction of sp³-hybridized carbons (Fsp3) is 0.231. The molecule has 2 aromatic rings. The molecule has 88 valence electrons. The van der Waals surface area contributed by atoms with Crippen molar-refractivity contribution in [3.63, 3.8) is 0 Å². The van der Waals surface area contributed by atoms with E-state index in [4.69, 9.17) is 11.6 Å². The van der Waals surface area contributed by atoms with Crippen LogP contribution in [0.5, 0.6) is 0 Å². The average Bonchev–Trinajstić information content (AvgIpc) is 2.29. The summed E-state index contributed by atoms with van der Waals surface area (Å²) in [5.74, 6) is 1.34. The van der Waals surface area contributed by atoms with E-state index in [9.17, 15) is 0 Å². The van der Waals surface area contributed by atoms with Gasteiger partial charge < -0.3 is 0 Å². The van der Waals surface area contributed by atoms with Gasteiger partial charge >= 0.3 is 0 Å². The van der Waals surface area contributed by atoms with Crippen LogP contribution in [-0.2, 0) is 6.42 Å². The first-order valence-electron chi connectivity index (χ1n) is 5.36. The molecule has 17 heavy (non-hydrogen) atoms. The minimum Gasteiger partial charge on any atom is -0.238 e. The fourth-order valence-electron chi connectivity index (χ4n) is 1.63. The third-order valence-electron chi connectivity index (χ3n) is 2.37. The Morgan fingerprint density at radius 1 is 1.24 bits per heavy atom. The molecule has 1 aromatic heterocycles. The number of alkyl halides is 1. The Balaban J connectivity index is 2.48. The highest BCUT2D eigenvalue weighted by Gasteiger charge is 2.07. The van der Waals surface area contributed by atoms with E-state index in [2.05, 4.69) is 25.9 Å². The van der Waals surface area contributed by atoms with Crippen molar-refractivity contribution in [2.75, 3.05) is 5.88 Å². The van der Waals surface area contributed by atoms with Crippen LogP contribution < -0.4 is 0 Å². The zero-order valence-electron chi connectivity index (χ0n) is 9.45. The van der Waals surface area contributed by atoms with Gasteiger partial charge in [-0.1, -0.05) is 34.1 Å². The van der Waals surface area contributed by atoms with Crippen molar-refractivity contribution >= 4 is 27.5 Å². The van der Waals surface area contributed by atoms with Gasteiger partial charge in [0.15, 0.2) is 0 Å². The lowest BCUT2D eigenvalue weighted by Crippen LogP contribution is -2.00. The molecule has 0 bridgehead atoms. The summed E-state index contributed by atoms with van der Waals surface area (Å²) in [5.41, 5.74) is 2.98. The SMILES string of the molecule is Cc1cc(-c2ccccc2Br)nc(CCCl)n1. The molecule has 0 saturated heterocycles. The van der Waals surface area contributed by atoms with Crippen LogP contribution in [0.4, 0.5) is 0 Å². The minimum atomic E-state index is 0.541. The van der Waals surface area contributed by atoms with Gasteiger partial charge in [0.2, 0.25) is 0 Å². The van der Waals surface area contributed by atoms with Gasteiger partial charge in [0.05, 0.1) is 5.69 Å². The van der Waals surface area contributed by atoms with Crippen molar-refractivity contribution in [2.45, 2.75) is 13.3 Å². The second-order valence-corrected chi connectivity index (χ2v) is 4.96. The van der Waals surface area contributed by atoms with Gasteiger partial charge in [0.25, 0.3) is 0 Å². The molecule has 0 aliphatic carbocycles. The normalized spacial score (nSPS) is 10.5. The molecule has 0 atom stereocenters. The van der Waals surface area contributed by atoms with Crippen LogP contribution in [0.25, 0.3) is 11.3 Å². The lowest BCUT2D eigenvalue weighted by Gasteiger charge is -2.06. The van der Waals surface area contributed by atoms with E-state index in [1.54, 1.807) is 0 Å². The van der Waals surface area contributed by atoms with Crippen LogP contribution >= 0.6 is 27.5 Å². The minimum absolute atomic E-state index is 0.541. The van der Waals surface area contributed by atoms with Gasteiger partial charge in [-0.3, -0.25) is 0 Å². The molecule has 4 heteroatoms.